The standard InChI is InChI=1S/C12H8ClN3/c13-12-15-7-5-11(16-12)8-2-1-3-10-9(8)4-6-14-10/h1-7,14H. The number of hydrogen-bond donors (Lipinski definition) is 1. The largest absolute Gasteiger partial charge is 0.361 e. The molecule has 0 bridgehead atoms. The van der Waals surface area contributed by atoms with Gasteiger partial charge in [0.15, 0.2) is 0 Å². The van der Waals surface area contributed by atoms with Gasteiger partial charge in [0.1, 0.15) is 0 Å². The van der Waals surface area contributed by atoms with Crippen molar-refractivity contribution < 1.29 is 0 Å². The second kappa shape index (κ2) is 3.61. The molecule has 78 valence electrons. The number of benzene rings is 1. The van der Waals surface area contributed by atoms with Gasteiger partial charge >= 0.3 is 0 Å². The average molecular weight is 230 g/mol. The molecule has 2 aromatic heterocycles. The lowest BCUT2D eigenvalue weighted by molar-refractivity contribution is 1.17. The molecule has 3 nitrogen and oxygen atoms in total. The number of nitrogens with zero attached hydrogens (tertiary/aromatic N) is 2. The van der Waals surface area contributed by atoms with Gasteiger partial charge in [-0.15, -0.1) is 0 Å². The Morgan fingerprint density at radius 1 is 1.12 bits per heavy atom. The van der Waals surface area contributed by atoms with Crippen LogP contribution in [0.15, 0.2) is 42.7 Å². The summed E-state index contributed by atoms with van der Waals surface area (Å²) >= 11 is 5.79. The first-order valence-electron chi connectivity index (χ1n) is 4.89. The zero-order chi connectivity index (χ0) is 11.0. The van der Waals surface area contributed by atoms with Gasteiger partial charge in [-0.2, -0.15) is 0 Å². The highest BCUT2D eigenvalue weighted by Crippen LogP contribution is 2.26. The Hall–Kier alpha value is -1.87. The molecule has 4 heteroatoms. The van der Waals surface area contributed by atoms with Crippen molar-refractivity contribution >= 4 is 22.5 Å². The summed E-state index contributed by atoms with van der Waals surface area (Å²) in [5.41, 5.74) is 2.99. The molecule has 16 heavy (non-hydrogen) atoms. The number of rotatable bonds is 1. The van der Waals surface area contributed by atoms with E-state index < -0.39 is 0 Å². The van der Waals surface area contributed by atoms with Crippen molar-refractivity contribution in [3.8, 4) is 11.3 Å². The van der Waals surface area contributed by atoms with Crippen LogP contribution in [0.3, 0.4) is 0 Å². The van der Waals surface area contributed by atoms with Crippen LogP contribution in [0.5, 0.6) is 0 Å². The van der Waals surface area contributed by atoms with E-state index in [1.807, 2.05) is 36.5 Å². The van der Waals surface area contributed by atoms with E-state index in [-0.39, 0.29) is 5.28 Å². The van der Waals surface area contributed by atoms with Crippen LogP contribution < -0.4 is 0 Å². The minimum absolute atomic E-state index is 0.269. The fraction of sp³-hybridized carbons (Fsp3) is 0. The van der Waals surface area contributed by atoms with E-state index in [1.54, 1.807) is 6.20 Å². The zero-order valence-electron chi connectivity index (χ0n) is 8.31. The van der Waals surface area contributed by atoms with Gasteiger partial charge in [0, 0.05) is 28.9 Å². The molecule has 3 rings (SSSR count). The fourth-order valence-electron chi connectivity index (χ4n) is 1.79. The molecule has 0 amide bonds. The number of halogens is 1. The first kappa shape index (κ1) is 9.36. The van der Waals surface area contributed by atoms with Crippen LogP contribution in [0.4, 0.5) is 0 Å². The van der Waals surface area contributed by atoms with Crippen LogP contribution in [-0.2, 0) is 0 Å². The monoisotopic (exact) mass is 229 g/mol. The SMILES string of the molecule is Clc1nccc(-c2cccc3[nH]ccc23)n1. The zero-order valence-corrected chi connectivity index (χ0v) is 9.07. The summed E-state index contributed by atoms with van der Waals surface area (Å²) in [5.74, 6) is 0. The average Bonchev–Trinajstić information content (AvgIpc) is 2.76. The third-order valence-corrected chi connectivity index (χ3v) is 2.68. The van der Waals surface area contributed by atoms with Gasteiger partial charge < -0.3 is 4.98 Å². The first-order valence-corrected chi connectivity index (χ1v) is 5.27. The van der Waals surface area contributed by atoms with Crippen molar-refractivity contribution in [2.24, 2.45) is 0 Å². The van der Waals surface area contributed by atoms with E-state index in [4.69, 9.17) is 11.6 Å². The summed E-state index contributed by atoms with van der Waals surface area (Å²) in [6.45, 7) is 0. The van der Waals surface area contributed by atoms with Crippen LogP contribution in [0.1, 0.15) is 0 Å². The number of nitrogens with one attached hydrogen (secondary N) is 1. The van der Waals surface area contributed by atoms with Crippen molar-refractivity contribution in [1.82, 2.24) is 15.0 Å². The maximum absolute atomic E-state index is 5.79. The van der Waals surface area contributed by atoms with Crippen LogP contribution in [0, 0.1) is 0 Å². The number of aromatic amines is 1. The highest BCUT2D eigenvalue weighted by atomic mass is 35.5. The lowest BCUT2D eigenvalue weighted by atomic mass is 10.1. The fourth-order valence-corrected chi connectivity index (χ4v) is 1.94. The van der Waals surface area contributed by atoms with Crippen LogP contribution in [-0.4, -0.2) is 15.0 Å². The van der Waals surface area contributed by atoms with Crippen molar-refractivity contribution in [3.63, 3.8) is 0 Å². The highest BCUT2D eigenvalue weighted by molar-refractivity contribution is 6.28. The molecule has 0 fully saturated rings. The predicted molar refractivity (Wildman–Crippen MR) is 64.3 cm³/mol. The predicted octanol–water partition coefficient (Wildman–Crippen LogP) is 3.28. The van der Waals surface area contributed by atoms with Crippen molar-refractivity contribution in [3.05, 3.63) is 48.0 Å². The van der Waals surface area contributed by atoms with Gasteiger partial charge in [-0.1, -0.05) is 12.1 Å². The molecule has 0 spiro atoms. The molecule has 3 aromatic rings. The molecule has 1 N–H and O–H groups in total. The number of fused-ring (bicyclic) bond motifs is 1. The number of H-pyrrole nitrogens is 1. The first-order chi connectivity index (χ1) is 7.84. The smallest absolute Gasteiger partial charge is 0.222 e. The van der Waals surface area contributed by atoms with Gasteiger partial charge in [-0.05, 0) is 29.8 Å². The van der Waals surface area contributed by atoms with E-state index in [9.17, 15) is 0 Å². The molecule has 0 unspecified atom stereocenters. The molecule has 0 saturated heterocycles. The maximum atomic E-state index is 5.79. The molecule has 0 saturated carbocycles. The molecule has 0 aliphatic heterocycles. The van der Waals surface area contributed by atoms with E-state index in [2.05, 4.69) is 15.0 Å². The van der Waals surface area contributed by atoms with Crippen molar-refractivity contribution in [2.45, 2.75) is 0 Å². The molecular formula is C12H8ClN3. The third-order valence-electron chi connectivity index (χ3n) is 2.50. The lowest BCUT2D eigenvalue weighted by Crippen LogP contribution is -1.86. The Labute approximate surface area is 97.1 Å². The van der Waals surface area contributed by atoms with Crippen LogP contribution in [0.2, 0.25) is 5.28 Å². The van der Waals surface area contributed by atoms with Gasteiger partial charge in [0.25, 0.3) is 0 Å². The topological polar surface area (TPSA) is 41.6 Å². The molecule has 0 aliphatic carbocycles. The minimum atomic E-state index is 0.269. The minimum Gasteiger partial charge on any atom is -0.361 e. The summed E-state index contributed by atoms with van der Waals surface area (Å²) in [6, 6.07) is 9.93. The second-order valence-electron chi connectivity index (χ2n) is 3.46. The molecule has 0 aliphatic rings. The molecule has 0 atom stereocenters. The van der Waals surface area contributed by atoms with Gasteiger partial charge in [-0.3, -0.25) is 0 Å². The van der Waals surface area contributed by atoms with Crippen LogP contribution in [0.25, 0.3) is 22.2 Å². The summed E-state index contributed by atoms with van der Waals surface area (Å²) in [4.78, 5) is 11.3. The van der Waals surface area contributed by atoms with Gasteiger partial charge in [-0.25, -0.2) is 9.97 Å². The normalized spacial score (nSPS) is 10.8. The van der Waals surface area contributed by atoms with E-state index in [1.165, 1.54) is 0 Å². The Bertz CT molecular complexity index is 645. The summed E-state index contributed by atoms with van der Waals surface area (Å²) < 4.78 is 0. The van der Waals surface area contributed by atoms with E-state index >= 15 is 0 Å². The molecule has 1 aromatic carbocycles. The Kier molecular flexibility index (Phi) is 2.11. The summed E-state index contributed by atoms with van der Waals surface area (Å²) in [6.07, 6.45) is 3.58. The van der Waals surface area contributed by atoms with Crippen LogP contribution >= 0.6 is 11.6 Å². The number of hydrogen-bond acceptors (Lipinski definition) is 2. The van der Waals surface area contributed by atoms with Gasteiger partial charge in [0.05, 0.1) is 5.69 Å². The third kappa shape index (κ3) is 1.46. The Balaban J connectivity index is 2.29. The maximum Gasteiger partial charge on any atom is 0.222 e. The molecule has 2 heterocycles. The summed E-state index contributed by atoms with van der Waals surface area (Å²) in [5, 5.41) is 1.40. The lowest BCUT2D eigenvalue weighted by Gasteiger charge is -2.02. The Morgan fingerprint density at radius 3 is 2.94 bits per heavy atom. The molecule has 0 radical (unpaired) electrons. The van der Waals surface area contributed by atoms with Crippen molar-refractivity contribution in [2.75, 3.05) is 0 Å². The quantitative estimate of drug-likeness (QED) is 0.651. The van der Waals surface area contributed by atoms with Gasteiger partial charge in [0.2, 0.25) is 5.28 Å². The Morgan fingerprint density at radius 2 is 2.06 bits per heavy atom. The molecular weight excluding hydrogens is 222 g/mol. The van der Waals surface area contributed by atoms with E-state index in [0.717, 1.165) is 22.2 Å². The summed E-state index contributed by atoms with van der Waals surface area (Å²) in [7, 11) is 0. The highest BCUT2D eigenvalue weighted by Gasteiger charge is 2.05. The van der Waals surface area contributed by atoms with E-state index in [0.29, 0.717) is 0 Å². The second-order valence-corrected chi connectivity index (χ2v) is 3.79. The number of aromatic nitrogens is 3. The van der Waals surface area contributed by atoms with Crippen molar-refractivity contribution in [1.29, 1.82) is 0 Å².